The van der Waals surface area contributed by atoms with E-state index < -0.39 is 10.0 Å². The highest BCUT2D eigenvalue weighted by molar-refractivity contribution is 7.89. The molecular formula is C18H25N3O4S. The number of nitrogens with zero attached hydrogens (tertiary/aromatic N) is 3. The van der Waals surface area contributed by atoms with Gasteiger partial charge in [-0.15, -0.1) is 0 Å². The van der Waals surface area contributed by atoms with Crippen molar-refractivity contribution in [2.24, 2.45) is 0 Å². The van der Waals surface area contributed by atoms with Gasteiger partial charge in [0.2, 0.25) is 21.7 Å². The van der Waals surface area contributed by atoms with Gasteiger partial charge in [0.1, 0.15) is 11.9 Å². The van der Waals surface area contributed by atoms with Crippen LogP contribution in [0.25, 0.3) is 11.4 Å². The predicted molar refractivity (Wildman–Crippen MR) is 98.5 cm³/mol. The van der Waals surface area contributed by atoms with Gasteiger partial charge in [0.05, 0.1) is 12.3 Å². The van der Waals surface area contributed by atoms with Gasteiger partial charge in [0.25, 0.3) is 0 Å². The summed E-state index contributed by atoms with van der Waals surface area (Å²) in [4.78, 5) is 4.38. The molecule has 142 valence electrons. The van der Waals surface area contributed by atoms with Crippen LogP contribution in [0.1, 0.15) is 45.4 Å². The summed E-state index contributed by atoms with van der Waals surface area (Å²) < 4.78 is 37.0. The molecule has 0 amide bonds. The van der Waals surface area contributed by atoms with Crippen molar-refractivity contribution in [2.75, 3.05) is 18.8 Å². The minimum atomic E-state index is -3.16. The second kappa shape index (κ2) is 7.75. The molecule has 0 spiro atoms. The van der Waals surface area contributed by atoms with Gasteiger partial charge in [-0.25, -0.2) is 8.42 Å². The van der Waals surface area contributed by atoms with Crippen molar-refractivity contribution in [1.29, 1.82) is 0 Å². The first-order valence-electron chi connectivity index (χ1n) is 8.97. The van der Waals surface area contributed by atoms with E-state index in [0.717, 1.165) is 5.56 Å². The minimum absolute atomic E-state index is 0.120. The molecule has 1 unspecified atom stereocenters. The maximum atomic E-state index is 12.1. The molecule has 2 heterocycles. The summed E-state index contributed by atoms with van der Waals surface area (Å²) in [6.07, 6.45) is 1.21. The van der Waals surface area contributed by atoms with Crippen LogP contribution in [0.2, 0.25) is 0 Å². The third-order valence-electron chi connectivity index (χ3n) is 4.31. The monoisotopic (exact) mass is 379 g/mol. The Morgan fingerprint density at radius 2 is 2.04 bits per heavy atom. The molecular weight excluding hydrogens is 354 g/mol. The molecule has 1 aromatic heterocycles. The zero-order valence-corrected chi connectivity index (χ0v) is 16.2. The summed E-state index contributed by atoms with van der Waals surface area (Å²) in [5, 5.41) is 3.99. The Balaban J connectivity index is 1.61. The van der Waals surface area contributed by atoms with Crippen LogP contribution < -0.4 is 4.74 Å². The Morgan fingerprint density at radius 1 is 1.31 bits per heavy atom. The maximum absolute atomic E-state index is 12.1. The van der Waals surface area contributed by atoms with Crippen molar-refractivity contribution in [3.63, 3.8) is 0 Å². The molecule has 3 rings (SSSR count). The van der Waals surface area contributed by atoms with Gasteiger partial charge < -0.3 is 9.26 Å². The average molecular weight is 379 g/mol. The Labute approximate surface area is 154 Å². The highest BCUT2D eigenvalue weighted by atomic mass is 32.2. The van der Waals surface area contributed by atoms with Crippen molar-refractivity contribution in [3.8, 4) is 17.1 Å². The smallest absolute Gasteiger partial charge is 0.229 e. The van der Waals surface area contributed by atoms with Crippen molar-refractivity contribution in [2.45, 2.75) is 45.6 Å². The SMILES string of the molecule is CCCS(=O)(=O)N1CCC(Oc2ccc(-c3noc(C(C)C)n3)cc2)C1. The minimum Gasteiger partial charge on any atom is -0.489 e. The molecule has 1 aliphatic rings. The summed E-state index contributed by atoms with van der Waals surface area (Å²) in [6, 6.07) is 7.46. The van der Waals surface area contributed by atoms with Crippen LogP contribution in [-0.2, 0) is 10.0 Å². The number of hydrogen-bond donors (Lipinski definition) is 0. The number of ether oxygens (including phenoxy) is 1. The lowest BCUT2D eigenvalue weighted by Crippen LogP contribution is -2.32. The van der Waals surface area contributed by atoms with E-state index in [1.807, 2.05) is 45.0 Å². The zero-order chi connectivity index (χ0) is 18.7. The zero-order valence-electron chi connectivity index (χ0n) is 15.4. The Hall–Kier alpha value is -1.93. The van der Waals surface area contributed by atoms with Crippen LogP contribution in [0.3, 0.4) is 0 Å². The van der Waals surface area contributed by atoms with Gasteiger partial charge in [-0.1, -0.05) is 25.9 Å². The van der Waals surface area contributed by atoms with E-state index in [9.17, 15) is 8.42 Å². The molecule has 7 nitrogen and oxygen atoms in total. The Morgan fingerprint density at radius 3 is 2.65 bits per heavy atom. The van der Waals surface area contributed by atoms with Crippen molar-refractivity contribution in [1.82, 2.24) is 14.4 Å². The van der Waals surface area contributed by atoms with E-state index in [1.54, 1.807) is 0 Å². The Kier molecular flexibility index (Phi) is 5.62. The van der Waals surface area contributed by atoms with Crippen LogP contribution >= 0.6 is 0 Å². The van der Waals surface area contributed by atoms with Gasteiger partial charge in [0.15, 0.2) is 0 Å². The molecule has 0 radical (unpaired) electrons. The van der Waals surface area contributed by atoms with E-state index >= 15 is 0 Å². The summed E-state index contributed by atoms with van der Waals surface area (Å²) in [5.74, 6) is 2.25. The largest absolute Gasteiger partial charge is 0.489 e. The van der Waals surface area contributed by atoms with Crippen LogP contribution in [0.4, 0.5) is 0 Å². The molecule has 1 aromatic carbocycles. The number of sulfonamides is 1. The van der Waals surface area contributed by atoms with Crippen molar-refractivity contribution < 1.29 is 17.7 Å². The maximum Gasteiger partial charge on any atom is 0.229 e. The molecule has 1 atom stereocenters. The van der Waals surface area contributed by atoms with Gasteiger partial charge in [-0.3, -0.25) is 0 Å². The average Bonchev–Trinajstić information content (AvgIpc) is 3.25. The normalized spacial score (nSPS) is 18.5. The molecule has 26 heavy (non-hydrogen) atoms. The second-order valence-corrected chi connectivity index (χ2v) is 8.93. The molecule has 0 bridgehead atoms. The summed E-state index contributed by atoms with van der Waals surface area (Å²) >= 11 is 0. The summed E-state index contributed by atoms with van der Waals surface area (Å²) in [6.45, 7) is 6.80. The molecule has 1 saturated heterocycles. The fourth-order valence-corrected chi connectivity index (χ4v) is 4.45. The van der Waals surface area contributed by atoms with Crippen LogP contribution in [0.15, 0.2) is 28.8 Å². The van der Waals surface area contributed by atoms with Crippen LogP contribution in [0.5, 0.6) is 5.75 Å². The first kappa shape index (κ1) is 18.8. The molecule has 1 fully saturated rings. The molecule has 0 N–H and O–H groups in total. The lowest BCUT2D eigenvalue weighted by atomic mass is 10.2. The van der Waals surface area contributed by atoms with E-state index in [-0.39, 0.29) is 17.8 Å². The highest BCUT2D eigenvalue weighted by Gasteiger charge is 2.31. The fraction of sp³-hybridized carbons (Fsp3) is 0.556. The summed E-state index contributed by atoms with van der Waals surface area (Å²) in [7, 11) is -3.16. The quantitative estimate of drug-likeness (QED) is 0.735. The third-order valence-corrected chi connectivity index (χ3v) is 6.36. The first-order valence-corrected chi connectivity index (χ1v) is 10.6. The van der Waals surface area contributed by atoms with Gasteiger partial charge in [0, 0.05) is 18.0 Å². The van der Waals surface area contributed by atoms with Gasteiger partial charge in [-0.05, 0) is 37.1 Å². The van der Waals surface area contributed by atoms with E-state index in [2.05, 4.69) is 10.1 Å². The molecule has 0 saturated carbocycles. The molecule has 1 aliphatic heterocycles. The molecule has 0 aliphatic carbocycles. The topological polar surface area (TPSA) is 85.5 Å². The van der Waals surface area contributed by atoms with E-state index in [4.69, 9.17) is 9.26 Å². The number of aromatic nitrogens is 2. The fourth-order valence-electron chi connectivity index (χ4n) is 2.90. The number of rotatable bonds is 7. The van der Waals surface area contributed by atoms with Crippen molar-refractivity contribution in [3.05, 3.63) is 30.2 Å². The summed E-state index contributed by atoms with van der Waals surface area (Å²) in [5.41, 5.74) is 0.853. The first-order chi connectivity index (χ1) is 12.4. The van der Waals surface area contributed by atoms with Crippen LogP contribution in [0, 0.1) is 0 Å². The second-order valence-electron chi connectivity index (χ2n) is 6.84. The van der Waals surface area contributed by atoms with Gasteiger partial charge in [-0.2, -0.15) is 9.29 Å². The van der Waals surface area contributed by atoms with Crippen molar-refractivity contribution >= 4 is 10.0 Å². The Bertz CT molecular complexity index is 830. The highest BCUT2D eigenvalue weighted by Crippen LogP contribution is 2.25. The lowest BCUT2D eigenvalue weighted by molar-refractivity contribution is 0.215. The standard InChI is InChI=1S/C18H25N3O4S/c1-4-11-26(22,23)21-10-9-16(12-21)24-15-7-5-14(6-8-15)17-19-18(13(2)3)25-20-17/h5-8,13,16H,4,9-12H2,1-3H3. The third kappa shape index (κ3) is 4.24. The number of benzene rings is 1. The predicted octanol–water partition coefficient (Wildman–Crippen LogP) is 3.05. The molecule has 2 aromatic rings. The van der Waals surface area contributed by atoms with Gasteiger partial charge >= 0.3 is 0 Å². The van der Waals surface area contributed by atoms with Crippen LogP contribution in [-0.4, -0.2) is 47.8 Å². The lowest BCUT2D eigenvalue weighted by Gasteiger charge is -2.17. The number of hydrogen-bond acceptors (Lipinski definition) is 6. The molecule has 8 heteroatoms. The van der Waals surface area contributed by atoms with E-state index in [0.29, 0.717) is 43.4 Å². The van der Waals surface area contributed by atoms with E-state index in [1.165, 1.54) is 4.31 Å².